The molecule has 0 spiro atoms. The van der Waals surface area contributed by atoms with Gasteiger partial charge in [-0.2, -0.15) is 9.78 Å². The number of hydrogen-bond acceptors (Lipinski definition) is 9. The highest BCUT2D eigenvalue weighted by Crippen LogP contribution is 2.25. The first-order valence-corrected chi connectivity index (χ1v) is 10.5. The number of anilines is 1. The molecule has 0 bridgehead atoms. The molecule has 4 rings (SSSR count). The smallest absolute Gasteiger partial charge is 0.293 e. The van der Waals surface area contributed by atoms with Crippen LogP contribution in [0.3, 0.4) is 0 Å². The van der Waals surface area contributed by atoms with E-state index in [4.69, 9.17) is 5.73 Å². The van der Waals surface area contributed by atoms with Gasteiger partial charge in [-0.05, 0) is 34.1 Å². The summed E-state index contributed by atoms with van der Waals surface area (Å²) in [4.78, 5) is 13.7. The van der Waals surface area contributed by atoms with Gasteiger partial charge in [0.05, 0.1) is 5.69 Å². The van der Waals surface area contributed by atoms with Crippen LogP contribution in [0.1, 0.15) is 21.7 Å². The van der Waals surface area contributed by atoms with Crippen LogP contribution in [-0.2, 0) is 5.75 Å². The molecule has 10 nitrogen and oxygen atoms in total. The Morgan fingerprint density at radius 1 is 1.12 bits per heavy atom. The predicted molar refractivity (Wildman–Crippen MR) is 121 cm³/mol. The van der Waals surface area contributed by atoms with Crippen LogP contribution >= 0.6 is 11.8 Å². The monoisotopic (exact) mass is 446 g/mol. The molecule has 0 radical (unpaired) electrons. The number of thioether (sulfide) groups is 1. The highest BCUT2D eigenvalue weighted by Gasteiger charge is 2.23. The molecule has 3 N–H and O–H groups in total. The standard InChI is InChI=1S/C21H18N8O2S/c22-19-20(27-31-26-19)29-17(14-32-16-11-5-2-6-12-16)18(24-28-29)21(30)25-23-13-7-10-15-8-3-1-4-9-15/h1-13H,14H2,(H2,22,26)(H,25,30)/b10-7+,23-13+. The molecule has 0 unspecified atom stereocenters. The maximum Gasteiger partial charge on any atom is 0.293 e. The summed E-state index contributed by atoms with van der Waals surface area (Å²) >= 11 is 1.51. The SMILES string of the molecule is Nc1nonc1-n1nnc(C(=O)N/N=C/C=C/c2ccccc2)c1CSc1ccccc1. The number of benzene rings is 2. The third-order valence-corrected chi connectivity index (χ3v) is 5.23. The van der Waals surface area contributed by atoms with Gasteiger partial charge in [-0.3, -0.25) is 4.79 Å². The minimum Gasteiger partial charge on any atom is -0.378 e. The van der Waals surface area contributed by atoms with E-state index in [1.807, 2.05) is 66.7 Å². The number of nitrogen functional groups attached to an aromatic ring is 1. The molecular formula is C21H18N8O2S. The third kappa shape index (κ3) is 5.08. The van der Waals surface area contributed by atoms with Crippen LogP contribution in [0.2, 0.25) is 0 Å². The topological polar surface area (TPSA) is 137 Å². The molecule has 160 valence electrons. The van der Waals surface area contributed by atoms with E-state index in [9.17, 15) is 4.79 Å². The second-order valence-corrected chi connectivity index (χ2v) is 7.41. The lowest BCUT2D eigenvalue weighted by atomic mass is 10.2. The van der Waals surface area contributed by atoms with Crippen LogP contribution < -0.4 is 11.2 Å². The zero-order valence-corrected chi connectivity index (χ0v) is 17.5. The largest absolute Gasteiger partial charge is 0.378 e. The highest BCUT2D eigenvalue weighted by atomic mass is 32.2. The van der Waals surface area contributed by atoms with Crippen molar-refractivity contribution in [1.82, 2.24) is 30.7 Å². The Bertz CT molecular complexity index is 1240. The van der Waals surface area contributed by atoms with Gasteiger partial charge in [0.2, 0.25) is 11.6 Å². The fourth-order valence-electron chi connectivity index (χ4n) is 2.69. The van der Waals surface area contributed by atoms with Crippen molar-refractivity contribution in [3.8, 4) is 5.82 Å². The Balaban J connectivity index is 1.51. The minimum atomic E-state index is -0.515. The van der Waals surface area contributed by atoms with E-state index in [0.717, 1.165) is 10.5 Å². The number of aromatic nitrogens is 5. The number of hydrogen-bond donors (Lipinski definition) is 2. The van der Waals surface area contributed by atoms with Gasteiger partial charge in [0.15, 0.2) is 5.69 Å². The molecule has 0 aliphatic heterocycles. The summed E-state index contributed by atoms with van der Waals surface area (Å²) in [5.74, 6) is 0.0645. The number of nitrogens with two attached hydrogens (primary N) is 1. The molecule has 0 saturated carbocycles. The number of hydrazone groups is 1. The number of carbonyl (C=O) groups is 1. The molecule has 0 aliphatic rings. The van der Waals surface area contributed by atoms with Gasteiger partial charge in [-0.1, -0.05) is 59.8 Å². The molecule has 0 aliphatic carbocycles. The van der Waals surface area contributed by atoms with Crippen molar-refractivity contribution in [3.63, 3.8) is 0 Å². The van der Waals surface area contributed by atoms with Gasteiger partial charge in [0, 0.05) is 16.9 Å². The van der Waals surface area contributed by atoms with Crippen molar-refractivity contribution in [3.05, 3.63) is 83.7 Å². The number of allylic oxidation sites excluding steroid dienone is 1. The zero-order valence-electron chi connectivity index (χ0n) is 16.7. The maximum atomic E-state index is 12.7. The summed E-state index contributed by atoms with van der Waals surface area (Å²) in [6.45, 7) is 0. The van der Waals surface area contributed by atoms with E-state index in [2.05, 4.69) is 35.8 Å². The van der Waals surface area contributed by atoms with Crippen LogP contribution in [0.4, 0.5) is 5.82 Å². The van der Waals surface area contributed by atoms with Crippen molar-refractivity contribution in [1.29, 1.82) is 0 Å². The number of carbonyl (C=O) groups excluding carboxylic acids is 1. The molecule has 0 atom stereocenters. The lowest BCUT2D eigenvalue weighted by Gasteiger charge is -2.05. The molecule has 2 aromatic heterocycles. The van der Waals surface area contributed by atoms with Crippen molar-refractivity contribution in [2.24, 2.45) is 5.10 Å². The van der Waals surface area contributed by atoms with Gasteiger partial charge in [-0.25, -0.2) is 10.1 Å². The molecule has 11 heteroatoms. The summed E-state index contributed by atoms with van der Waals surface area (Å²) in [6, 6.07) is 19.5. The summed E-state index contributed by atoms with van der Waals surface area (Å²) in [7, 11) is 0. The average molecular weight is 446 g/mol. The van der Waals surface area contributed by atoms with Crippen LogP contribution in [0.25, 0.3) is 11.9 Å². The van der Waals surface area contributed by atoms with Gasteiger partial charge in [0.1, 0.15) is 0 Å². The first-order valence-electron chi connectivity index (χ1n) is 9.48. The normalized spacial score (nSPS) is 11.4. The van der Waals surface area contributed by atoms with Gasteiger partial charge in [-0.15, -0.1) is 16.9 Å². The Kier molecular flexibility index (Phi) is 6.68. The molecule has 1 amide bonds. The first-order chi connectivity index (χ1) is 15.7. The molecular weight excluding hydrogens is 428 g/mol. The Morgan fingerprint density at radius 3 is 2.59 bits per heavy atom. The van der Waals surface area contributed by atoms with E-state index in [-0.39, 0.29) is 17.3 Å². The average Bonchev–Trinajstić information content (AvgIpc) is 3.44. The molecule has 0 saturated heterocycles. The van der Waals surface area contributed by atoms with Crippen molar-refractivity contribution in [2.45, 2.75) is 10.6 Å². The Labute approximate surface area is 187 Å². The van der Waals surface area contributed by atoms with Gasteiger partial charge in [0.25, 0.3) is 5.91 Å². The molecule has 2 aromatic carbocycles. The minimum absolute atomic E-state index is 0.0388. The molecule has 0 fully saturated rings. The maximum absolute atomic E-state index is 12.7. The van der Waals surface area contributed by atoms with E-state index in [1.165, 1.54) is 22.7 Å². The van der Waals surface area contributed by atoms with Gasteiger partial charge < -0.3 is 5.73 Å². The molecule has 4 aromatic rings. The van der Waals surface area contributed by atoms with E-state index in [1.54, 1.807) is 6.08 Å². The van der Waals surface area contributed by atoms with Crippen LogP contribution in [0.5, 0.6) is 0 Å². The first kappa shape index (κ1) is 21.0. The number of nitrogens with zero attached hydrogens (tertiary/aromatic N) is 6. The van der Waals surface area contributed by atoms with Crippen LogP contribution in [0.15, 0.2) is 81.4 Å². The summed E-state index contributed by atoms with van der Waals surface area (Å²) in [6.07, 6.45) is 5.07. The van der Waals surface area contributed by atoms with Crippen molar-refractivity contribution < 1.29 is 9.42 Å². The number of amides is 1. The van der Waals surface area contributed by atoms with Gasteiger partial charge >= 0.3 is 0 Å². The Hall–Kier alpha value is -4.25. The number of nitrogens with one attached hydrogen (secondary N) is 1. The summed E-state index contributed by atoms with van der Waals surface area (Å²) < 4.78 is 6.01. The lowest BCUT2D eigenvalue weighted by molar-refractivity contribution is 0.0949. The van der Waals surface area contributed by atoms with E-state index in [0.29, 0.717) is 11.4 Å². The van der Waals surface area contributed by atoms with E-state index >= 15 is 0 Å². The van der Waals surface area contributed by atoms with Crippen molar-refractivity contribution >= 4 is 35.8 Å². The third-order valence-electron chi connectivity index (χ3n) is 4.21. The van der Waals surface area contributed by atoms with Crippen molar-refractivity contribution in [2.75, 3.05) is 5.73 Å². The quantitative estimate of drug-likeness (QED) is 0.239. The number of rotatable bonds is 8. The Morgan fingerprint density at radius 2 is 1.88 bits per heavy atom. The zero-order chi connectivity index (χ0) is 22.2. The lowest BCUT2D eigenvalue weighted by Crippen LogP contribution is -2.20. The summed E-state index contributed by atoms with van der Waals surface area (Å²) in [5.41, 5.74) is 9.86. The highest BCUT2D eigenvalue weighted by molar-refractivity contribution is 7.98. The fourth-order valence-corrected chi connectivity index (χ4v) is 3.61. The molecule has 32 heavy (non-hydrogen) atoms. The predicted octanol–water partition coefficient (Wildman–Crippen LogP) is 2.95. The second kappa shape index (κ2) is 10.2. The van der Waals surface area contributed by atoms with Crippen LogP contribution in [-0.4, -0.2) is 37.4 Å². The van der Waals surface area contributed by atoms with E-state index < -0.39 is 5.91 Å². The summed E-state index contributed by atoms with van der Waals surface area (Å²) in [5, 5.41) is 19.3. The second-order valence-electron chi connectivity index (χ2n) is 6.36. The van der Waals surface area contributed by atoms with Crippen LogP contribution in [0, 0.1) is 0 Å². The molecule has 2 heterocycles. The fraction of sp³-hybridized carbons (Fsp3) is 0.0476.